The molecule has 1 heterocycles. The zero-order valence-corrected chi connectivity index (χ0v) is 16.8. The van der Waals surface area contributed by atoms with Gasteiger partial charge in [-0.3, -0.25) is 9.69 Å². The van der Waals surface area contributed by atoms with Crippen LogP contribution in [0.15, 0.2) is 72.9 Å². The molecule has 0 bridgehead atoms. The van der Waals surface area contributed by atoms with Crippen LogP contribution in [0.4, 0.5) is 5.82 Å². The van der Waals surface area contributed by atoms with Gasteiger partial charge in [-0.2, -0.15) is 0 Å². The van der Waals surface area contributed by atoms with Crippen molar-refractivity contribution < 1.29 is 9.53 Å². The summed E-state index contributed by atoms with van der Waals surface area (Å²) in [6.07, 6.45) is 1.70. The molecule has 0 aliphatic heterocycles. The van der Waals surface area contributed by atoms with Gasteiger partial charge < -0.3 is 4.74 Å². The van der Waals surface area contributed by atoms with Crippen molar-refractivity contribution in [2.45, 2.75) is 27.0 Å². The summed E-state index contributed by atoms with van der Waals surface area (Å²) in [5.74, 6) is 1.33. The van der Waals surface area contributed by atoms with E-state index in [0.717, 1.165) is 16.9 Å². The number of carbonyl (C=O) groups is 1. The Morgan fingerprint density at radius 1 is 1.04 bits per heavy atom. The number of carbonyl (C=O) groups excluding carboxylic acids is 1. The Hall–Kier alpha value is -2.85. The van der Waals surface area contributed by atoms with Crippen LogP contribution in [0, 0.1) is 5.92 Å². The second-order valence-corrected chi connectivity index (χ2v) is 7.20. The highest BCUT2D eigenvalue weighted by Crippen LogP contribution is 2.21. The van der Waals surface area contributed by atoms with Crippen molar-refractivity contribution in [1.29, 1.82) is 0 Å². The van der Waals surface area contributed by atoms with Crippen molar-refractivity contribution in [3.8, 4) is 5.75 Å². The van der Waals surface area contributed by atoms with Crippen molar-refractivity contribution >= 4 is 23.3 Å². The monoisotopic (exact) mass is 394 g/mol. The second-order valence-electron chi connectivity index (χ2n) is 6.79. The van der Waals surface area contributed by atoms with Crippen molar-refractivity contribution in [2.75, 3.05) is 4.90 Å². The van der Waals surface area contributed by atoms with Crippen molar-refractivity contribution in [3.05, 3.63) is 89.1 Å². The van der Waals surface area contributed by atoms with Gasteiger partial charge in [-0.25, -0.2) is 4.98 Å². The normalized spacial score (nSPS) is 10.7. The van der Waals surface area contributed by atoms with E-state index in [9.17, 15) is 4.79 Å². The van der Waals surface area contributed by atoms with E-state index in [1.54, 1.807) is 11.1 Å². The maximum absolute atomic E-state index is 12.7. The van der Waals surface area contributed by atoms with E-state index in [1.165, 1.54) is 0 Å². The van der Waals surface area contributed by atoms with Crippen molar-refractivity contribution in [3.63, 3.8) is 0 Å². The Bertz CT molecular complexity index is 911. The molecule has 0 saturated heterocycles. The van der Waals surface area contributed by atoms with Crippen LogP contribution in [0.2, 0.25) is 5.02 Å². The first-order chi connectivity index (χ1) is 13.5. The van der Waals surface area contributed by atoms with Gasteiger partial charge in [-0.15, -0.1) is 0 Å². The molecular weight excluding hydrogens is 372 g/mol. The topological polar surface area (TPSA) is 42.4 Å². The number of halogens is 1. The minimum absolute atomic E-state index is 0.0396. The average Bonchev–Trinajstić information content (AvgIpc) is 2.72. The maximum atomic E-state index is 12.7. The van der Waals surface area contributed by atoms with E-state index in [4.69, 9.17) is 16.3 Å². The third-order valence-electron chi connectivity index (χ3n) is 4.30. The van der Waals surface area contributed by atoms with E-state index in [2.05, 4.69) is 4.98 Å². The number of anilines is 1. The van der Waals surface area contributed by atoms with E-state index < -0.39 is 0 Å². The second kappa shape index (κ2) is 9.38. The van der Waals surface area contributed by atoms with Crippen LogP contribution >= 0.6 is 11.6 Å². The molecule has 5 heteroatoms. The van der Waals surface area contributed by atoms with Gasteiger partial charge in [0.05, 0.1) is 6.54 Å². The SMILES string of the molecule is CC(C)C(=O)N(Cc1ccc(OCc2ccccc2Cl)cc1)c1ccccn1. The molecule has 0 N–H and O–H groups in total. The molecule has 3 rings (SSSR count). The molecule has 0 saturated carbocycles. The molecule has 0 atom stereocenters. The number of rotatable bonds is 7. The molecular formula is C23H23ClN2O2. The van der Waals surface area contributed by atoms with E-state index >= 15 is 0 Å². The Morgan fingerprint density at radius 3 is 2.39 bits per heavy atom. The molecule has 0 unspecified atom stereocenters. The smallest absolute Gasteiger partial charge is 0.231 e. The van der Waals surface area contributed by atoms with Gasteiger partial charge >= 0.3 is 0 Å². The highest BCUT2D eigenvalue weighted by Gasteiger charge is 2.20. The van der Waals surface area contributed by atoms with Crippen LogP contribution in [0.1, 0.15) is 25.0 Å². The molecule has 144 valence electrons. The van der Waals surface area contributed by atoms with E-state index in [1.807, 2.05) is 80.6 Å². The molecule has 0 aliphatic rings. The largest absolute Gasteiger partial charge is 0.489 e. The minimum Gasteiger partial charge on any atom is -0.489 e. The number of benzene rings is 2. The molecule has 28 heavy (non-hydrogen) atoms. The number of ether oxygens (including phenoxy) is 1. The average molecular weight is 395 g/mol. The molecule has 0 fully saturated rings. The van der Waals surface area contributed by atoms with Crippen LogP contribution in [0.3, 0.4) is 0 Å². The molecule has 2 aromatic carbocycles. The zero-order chi connectivity index (χ0) is 19.9. The molecule has 1 aromatic heterocycles. The number of aromatic nitrogens is 1. The number of amides is 1. The first-order valence-corrected chi connectivity index (χ1v) is 9.60. The summed E-state index contributed by atoms with van der Waals surface area (Å²) in [5, 5.41) is 0.692. The van der Waals surface area contributed by atoms with Gasteiger partial charge in [0, 0.05) is 22.7 Å². The summed E-state index contributed by atoms with van der Waals surface area (Å²) in [5.41, 5.74) is 1.95. The molecule has 0 spiro atoms. The Balaban J connectivity index is 1.69. The van der Waals surface area contributed by atoms with Gasteiger partial charge in [0.1, 0.15) is 18.2 Å². The lowest BCUT2D eigenvalue weighted by molar-refractivity contribution is -0.121. The quantitative estimate of drug-likeness (QED) is 0.531. The highest BCUT2D eigenvalue weighted by atomic mass is 35.5. The molecule has 0 radical (unpaired) electrons. The Kier molecular flexibility index (Phi) is 6.66. The summed E-state index contributed by atoms with van der Waals surface area (Å²) >= 11 is 6.16. The fraction of sp³-hybridized carbons (Fsp3) is 0.217. The lowest BCUT2D eigenvalue weighted by atomic mass is 10.1. The van der Waals surface area contributed by atoms with Gasteiger partial charge in [0.15, 0.2) is 0 Å². The summed E-state index contributed by atoms with van der Waals surface area (Å²) in [4.78, 5) is 18.7. The first kappa shape index (κ1) is 19.9. The van der Waals surface area contributed by atoms with E-state index in [0.29, 0.717) is 24.0 Å². The number of hydrogen-bond donors (Lipinski definition) is 0. The Morgan fingerprint density at radius 2 is 1.75 bits per heavy atom. The maximum Gasteiger partial charge on any atom is 0.231 e. The minimum atomic E-state index is -0.111. The highest BCUT2D eigenvalue weighted by molar-refractivity contribution is 6.31. The van der Waals surface area contributed by atoms with Crippen LogP contribution in [-0.4, -0.2) is 10.9 Å². The predicted molar refractivity (Wildman–Crippen MR) is 112 cm³/mol. The summed E-state index contributed by atoms with van der Waals surface area (Å²) < 4.78 is 5.83. The zero-order valence-electron chi connectivity index (χ0n) is 16.0. The summed E-state index contributed by atoms with van der Waals surface area (Å²) in [7, 11) is 0. The molecule has 3 aromatic rings. The summed E-state index contributed by atoms with van der Waals surface area (Å²) in [6.45, 7) is 4.65. The first-order valence-electron chi connectivity index (χ1n) is 9.22. The summed E-state index contributed by atoms with van der Waals surface area (Å²) in [6, 6.07) is 20.9. The lowest BCUT2D eigenvalue weighted by Crippen LogP contribution is -2.34. The predicted octanol–water partition coefficient (Wildman–Crippen LogP) is 5.50. The fourth-order valence-corrected chi connectivity index (χ4v) is 2.94. The fourth-order valence-electron chi connectivity index (χ4n) is 2.75. The lowest BCUT2D eigenvalue weighted by Gasteiger charge is -2.23. The number of pyridine rings is 1. The van der Waals surface area contributed by atoms with E-state index in [-0.39, 0.29) is 11.8 Å². The van der Waals surface area contributed by atoms with Gasteiger partial charge in [0.25, 0.3) is 0 Å². The van der Waals surface area contributed by atoms with Gasteiger partial charge in [-0.05, 0) is 35.9 Å². The van der Waals surface area contributed by atoms with Crippen molar-refractivity contribution in [2.24, 2.45) is 5.92 Å². The van der Waals surface area contributed by atoms with Gasteiger partial charge in [-0.1, -0.05) is 61.8 Å². The number of hydrogen-bond acceptors (Lipinski definition) is 3. The van der Waals surface area contributed by atoms with Gasteiger partial charge in [0.2, 0.25) is 5.91 Å². The number of nitrogens with zero attached hydrogens (tertiary/aromatic N) is 2. The van der Waals surface area contributed by atoms with Crippen LogP contribution in [0.5, 0.6) is 5.75 Å². The van der Waals surface area contributed by atoms with Crippen LogP contribution in [0.25, 0.3) is 0 Å². The molecule has 0 aliphatic carbocycles. The van der Waals surface area contributed by atoms with Crippen LogP contribution in [-0.2, 0) is 17.9 Å². The van der Waals surface area contributed by atoms with Crippen molar-refractivity contribution in [1.82, 2.24) is 4.98 Å². The molecule has 4 nitrogen and oxygen atoms in total. The van der Waals surface area contributed by atoms with Crippen LogP contribution < -0.4 is 9.64 Å². The standard InChI is InChI=1S/C23H23ClN2O2/c1-17(2)23(27)26(22-9-5-6-14-25-22)15-18-10-12-20(13-11-18)28-16-19-7-3-4-8-21(19)24/h3-14,17H,15-16H2,1-2H3. The molecule has 1 amide bonds. The Labute approximate surface area is 170 Å². The third-order valence-corrected chi connectivity index (χ3v) is 4.67. The third kappa shape index (κ3) is 5.11.